The van der Waals surface area contributed by atoms with E-state index < -0.39 is 6.17 Å². The molecule has 25 heavy (non-hydrogen) atoms. The van der Waals surface area contributed by atoms with Gasteiger partial charge in [0.15, 0.2) is 0 Å². The summed E-state index contributed by atoms with van der Waals surface area (Å²) in [6.07, 6.45) is -0.514. The number of fused-ring (bicyclic) bond motifs is 1. The summed E-state index contributed by atoms with van der Waals surface area (Å²) in [5.74, 6) is -0.436. The van der Waals surface area contributed by atoms with Crippen LogP contribution in [0.1, 0.15) is 22.1 Å². The van der Waals surface area contributed by atoms with Crippen molar-refractivity contribution < 1.29 is 14.3 Å². The Kier molecular flexibility index (Phi) is 3.61. The zero-order valence-corrected chi connectivity index (χ0v) is 13.2. The Morgan fingerprint density at radius 3 is 2.48 bits per heavy atom. The van der Waals surface area contributed by atoms with E-state index in [9.17, 15) is 14.3 Å². The summed E-state index contributed by atoms with van der Waals surface area (Å²) in [5, 5.41) is 13.2. The number of hydrogen-bond acceptors (Lipinski definition) is 3. The van der Waals surface area contributed by atoms with Crippen molar-refractivity contribution in [1.82, 2.24) is 0 Å². The minimum absolute atomic E-state index is 0.115. The molecule has 0 fully saturated rings. The molecule has 4 rings (SSSR count). The van der Waals surface area contributed by atoms with E-state index in [2.05, 4.69) is 5.32 Å². The van der Waals surface area contributed by atoms with E-state index in [0.29, 0.717) is 11.3 Å². The Balaban J connectivity index is 1.87. The van der Waals surface area contributed by atoms with Crippen molar-refractivity contribution in [3.8, 4) is 5.75 Å². The SMILES string of the molecule is O=C1c2ccccc2N[C@@H](c2cccc(O)c2)N1c1ccc(F)cc1. The van der Waals surface area contributed by atoms with Crippen LogP contribution in [0.25, 0.3) is 0 Å². The van der Waals surface area contributed by atoms with Gasteiger partial charge in [-0.3, -0.25) is 9.69 Å². The standard InChI is InChI=1S/C20H15FN2O2/c21-14-8-10-15(11-9-14)23-19(13-4-3-5-16(24)12-13)22-18-7-2-1-6-17(18)20(23)25/h1-12,19,22,24H/t19-/m1/s1. The maximum Gasteiger partial charge on any atom is 0.262 e. The smallest absolute Gasteiger partial charge is 0.262 e. The molecule has 0 spiro atoms. The number of amides is 1. The first-order valence-electron chi connectivity index (χ1n) is 7.87. The number of hydrogen-bond donors (Lipinski definition) is 2. The molecule has 0 saturated heterocycles. The number of aromatic hydroxyl groups is 1. The van der Waals surface area contributed by atoms with Crippen molar-refractivity contribution >= 4 is 17.3 Å². The first-order valence-corrected chi connectivity index (χ1v) is 7.87. The number of nitrogens with one attached hydrogen (secondary N) is 1. The van der Waals surface area contributed by atoms with Crippen molar-refractivity contribution in [1.29, 1.82) is 0 Å². The predicted molar refractivity (Wildman–Crippen MR) is 94.1 cm³/mol. The van der Waals surface area contributed by atoms with Crippen LogP contribution in [0.2, 0.25) is 0 Å². The summed E-state index contributed by atoms with van der Waals surface area (Å²) in [5.41, 5.74) is 2.57. The molecule has 4 nitrogen and oxygen atoms in total. The lowest BCUT2D eigenvalue weighted by Crippen LogP contribution is -2.43. The van der Waals surface area contributed by atoms with Gasteiger partial charge in [0.1, 0.15) is 17.7 Å². The minimum atomic E-state index is -0.514. The van der Waals surface area contributed by atoms with Gasteiger partial charge in [-0.1, -0.05) is 24.3 Å². The molecule has 1 amide bonds. The summed E-state index contributed by atoms with van der Waals surface area (Å²) in [7, 11) is 0. The molecule has 1 atom stereocenters. The fraction of sp³-hybridized carbons (Fsp3) is 0.0500. The molecular formula is C20H15FN2O2. The molecule has 0 aromatic heterocycles. The lowest BCUT2D eigenvalue weighted by atomic mass is 10.0. The van der Waals surface area contributed by atoms with E-state index in [-0.39, 0.29) is 17.5 Å². The van der Waals surface area contributed by atoms with Crippen LogP contribution >= 0.6 is 0 Å². The third kappa shape index (κ3) is 2.70. The maximum absolute atomic E-state index is 13.3. The molecule has 0 saturated carbocycles. The van der Waals surface area contributed by atoms with Gasteiger partial charge >= 0.3 is 0 Å². The Labute approximate surface area is 144 Å². The molecule has 1 aliphatic heterocycles. The zero-order valence-electron chi connectivity index (χ0n) is 13.2. The topological polar surface area (TPSA) is 52.6 Å². The number of halogens is 1. The van der Waals surface area contributed by atoms with Crippen LogP contribution in [0, 0.1) is 5.82 Å². The highest BCUT2D eigenvalue weighted by Gasteiger charge is 2.34. The number of carbonyl (C=O) groups excluding carboxylic acids is 1. The monoisotopic (exact) mass is 334 g/mol. The fourth-order valence-electron chi connectivity index (χ4n) is 3.05. The second-order valence-electron chi connectivity index (χ2n) is 5.84. The third-order valence-corrected chi connectivity index (χ3v) is 4.22. The van der Waals surface area contributed by atoms with Gasteiger partial charge in [-0.2, -0.15) is 0 Å². The normalized spacial score (nSPS) is 16.3. The highest BCUT2D eigenvalue weighted by atomic mass is 19.1. The number of carbonyl (C=O) groups is 1. The lowest BCUT2D eigenvalue weighted by molar-refractivity contribution is 0.0975. The zero-order chi connectivity index (χ0) is 17.4. The van der Waals surface area contributed by atoms with Gasteiger partial charge in [0, 0.05) is 11.4 Å². The number of anilines is 2. The number of nitrogens with zero attached hydrogens (tertiary/aromatic N) is 1. The van der Waals surface area contributed by atoms with Gasteiger partial charge in [0.2, 0.25) is 0 Å². The first kappa shape index (κ1) is 15.2. The fourth-order valence-corrected chi connectivity index (χ4v) is 3.05. The lowest BCUT2D eigenvalue weighted by Gasteiger charge is -2.38. The summed E-state index contributed by atoms with van der Waals surface area (Å²) in [6.45, 7) is 0. The van der Waals surface area contributed by atoms with Crippen LogP contribution in [-0.4, -0.2) is 11.0 Å². The number of phenolic OH excluding ortho intramolecular Hbond substituents is 1. The average Bonchev–Trinajstić information content (AvgIpc) is 2.63. The van der Waals surface area contributed by atoms with Crippen molar-refractivity contribution in [2.45, 2.75) is 6.17 Å². The van der Waals surface area contributed by atoms with E-state index in [1.807, 2.05) is 18.2 Å². The van der Waals surface area contributed by atoms with E-state index in [1.165, 1.54) is 12.1 Å². The van der Waals surface area contributed by atoms with Crippen molar-refractivity contribution in [2.75, 3.05) is 10.2 Å². The number of phenols is 1. The Bertz CT molecular complexity index is 940. The van der Waals surface area contributed by atoms with E-state index >= 15 is 0 Å². The van der Waals surface area contributed by atoms with E-state index in [1.54, 1.807) is 47.4 Å². The Morgan fingerprint density at radius 2 is 1.72 bits per heavy atom. The van der Waals surface area contributed by atoms with E-state index in [4.69, 9.17) is 0 Å². The largest absolute Gasteiger partial charge is 0.508 e. The molecule has 124 valence electrons. The molecule has 5 heteroatoms. The first-order chi connectivity index (χ1) is 12.1. The molecule has 0 bridgehead atoms. The quantitative estimate of drug-likeness (QED) is 0.734. The van der Waals surface area contributed by atoms with Crippen molar-refractivity contribution in [2.24, 2.45) is 0 Å². The summed E-state index contributed by atoms with van der Waals surface area (Å²) in [4.78, 5) is 14.7. The van der Waals surface area contributed by atoms with Crippen LogP contribution in [0.3, 0.4) is 0 Å². The van der Waals surface area contributed by atoms with Gasteiger partial charge in [0.25, 0.3) is 5.91 Å². The van der Waals surface area contributed by atoms with Crippen LogP contribution < -0.4 is 10.2 Å². The molecular weight excluding hydrogens is 319 g/mol. The van der Waals surface area contributed by atoms with Gasteiger partial charge in [-0.25, -0.2) is 4.39 Å². The Morgan fingerprint density at radius 1 is 0.960 bits per heavy atom. The molecule has 0 aliphatic carbocycles. The van der Waals surface area contributed by atoms with Gasteiger partial charge < -0.3 is 10.4 Å². The van der Waals surface area contributed by atoms with Gasteiger partial charge in [-0.05, 0) is 54.1 Å². The minimum Gasteiger partial charge on any atom is -0.508 e. The molecule has 3 aromatic rings. The molecule has 0 radical (unpaired) electrons. The second-order valence-corrected chi connectivity index (χ2v) is 5.84. The number of para-hydroxylation sites is 1. The molecule has 3 aromatic carbocycles. The van der Waals surface area contributed by atoms with Gasteiger partial charge in [-0.15, -0.1) is 0 Å². The molecule has 1 aliphatic rings. The number of benzene rings is 3. The molecule has 2 N–H and O–H groups in total. The van der Waals surface area contributed by atoms with Crippen LogP contribution in [-0.2, 0) is 0 Å². The van der Waals surface area contributed by atoms with E-state index in [0.717, 1.165) is 11.3 Å². The highest BCUT2D eigenvalue weighted by molar-refractivity contribution is 6.12. The van der Waals surface area contributed by atoms with Crippen molar-refractivity contribution in [3.05, 3.63) is 89.7 Å². The summed E-state index contributed by atoms with van der Waals surface area (Å²) >= 11 is 0. The summed E-state index contributed by atoms with van der Waals surface area (Å²) < 4.78 is 13.3. The van der Waals surface area contributed by atoms with Crippen LogP contribution in [0.4, 0.5) is 15.8 Å². The maximum atomic E-state index is 13.3. The van der Waals surface area contributed by atoms with Crippen molar-refractivity contribution in [3.63, 3.8) is 0 Å². The number of rotatable bonds is 2. The Hall–Kier alpha value is -3.34. The summed E-state index contributed by atoms with van der Waals surface area (Å²) in [6, 6.07) is 19.8. The van der Waals surface area contributed by atoms with Gasteiger partial charge in [0.05, 0.1) is 5.56 Å². The average molecular weight is 334 g/mol. The predicted octanol–water partition coefficient (Wildman–Crippen LogP) is 4.30. The van der Waals surface area contributed by atoms with Crippen LogP contribution in [0.15, 0.2) is 72.8 Å². The highest BCUT2D eigenvalue weighted by Crippen LogP contribution is 2.37. The second kappa shape index (κ2) is 5.94. The van der Waals surface area contributed by atoms with Crippen LogP contribution in [0.5, 0.6) is 5.75 Å². The molecule has 1 heterocycles. The molecule has 0 unspecified atom stereocenters. The third-order valence-electron chi connectivity index (χ3n) is 4.22.